The molecule has 1 amide bonds. The molecule has 0 fully saturated rings. The quantitative estimate of drug-likeness (QED) is 0.274. The lowest BCUT2D eigenvalue weighted by atomic mass is 10.2. The fourth-order valence-electron chi connectivity index (χ4n) is 2.74. The number of amides is 1. The van der Waals surface area contributed by atoms with Gasteiger partial charge in [0.15, 0.2) is 0 Å². The first kappa shape index (κ1) is 20.9. The highest BCUT2D eigenvalue weighted by molar-refractivity contribution is 8.00. The van der Waals surface area contributed by atoms with E-state index < -0.39 is 4.92 Å². The molecule has 1 atom stereocenters. The Bertz CT molecular complexity index is 957. The van der Waals surface area contributed by atoms with E-state index in [0.717, 1.165) is 21.2 Å². The average Bonchev–Trinajstić information content (AvgIpc) is 3.25. The first-order valence-corrected chi connectivity index (χ1v) is 10.6. The van der Waals surface area contributed by atoms with Crippen LogP contribution in [0.5, 0.6) is 5.75 Å². The number of methoxy groups -OCH3 is 1. The van der Waals surface area contributed by atoms with Gasteiger partial charge in [0.1, 0.15) is 5.75 Å². The molecule has 1 heterocycles. The Morgan fingerprint density at radius 1 is 1.17 bits per heavy atom. The van der Waals surface area contributed by atoms with Crippen molar-refractivity contribution < 1.29 is 14.5 Å². The number of nitro groups is 1. The molecule has 3 rings (SSSR count). The highest BCUT2D eigenvalue weighted by atomic mass is 32.2. The number of rotatable bonds is 8. The molecular formula is C21H20N2O4S2. The molecule has 2 aromatic carbocycles. The fourth-order valence-corrected chi connectivity index (χ4v) is 4.36. The molecule has 0 radical (unpaired) electrons. The Morgan fingerprint density at radius 2 is 1.86 bits per heavy atom. The highest BCUT2D eigenvalue weighted by Gasteiger charge is 2.24. The number of carbonyl (C=O) groups excluding carboxylic acids is 1. The topological polar surface area (TPSA) is 72.7 Å². The third-order valence-corrected chi connectivity index (χ3v) is 6.21. The minimum Gasteiger partial charge on any atom is -0.497 e. The number of carbonyl (C=O) groups is 1. The molecule has 0 spiro atoms. The smallest absolute Gasteiger partial charge is 0.269 e. The minimum atomic E-state index is -0.435. The number of non-ortho nitro benzene ring substituents is 1. The second-order valence-electron chi connectivity index (χ2n) is 6.21. The molecule has 1 aromatic heterocycles. The maximum Gasteiger partial charge on any atom is 0.269 e. The van der Waals surface area contributed by atoms with E-state index >= 15 is 0 Å². The van der Waals surface area contributed by atoms with Gasteiger partial charge >= 0.3 is 0 Å². The molecule has 0 N–H and O–H groups in total. The Hall–Kier alpha value is -2.84. The van der Waals surface area contributed by atoms with Crippen molar-refractivity contribution in [2.45, 2.75) is 23.6 Å². The number of nitro benzene ring substituents is 1. The van der Waals surface area contributed by atoms with Crippen molar-refractivity contribution in [3.05, 3.63) is 81.0 Å². The van der Waals surface area contributed by atoms with E-state index in [9.17, 15) is 14.9 Å². The zero-order valence-corrected chi connectivity index (χ0v) is 17.6. The van der Waals surface area contributed by atoms with Crippen molar-refractivity contribution in [3.63, 3.8) is 0 Å². The second kappa shape index (κ2) is 9.58. The van der Waals surface area contributed by atoms with Crippen molar-refractivity contribution in [1.82, 2.24) is 0 Å². The summed E-state index contributed by atoms with van der Waals surface area (Å²) in [6.45, 7) is 2.33. The van der Waals surface area contributed by atoms with Crippen molar-refractivity contribution in [1.29, 1.82) is 0 Å². The molecule has 0 aliphatic carbocycles. The van der Waals surface area contributed by atoms with E-state index in [4.69, 9.17) is 4.74 Å². The van der Waals surface area contributed by atoms with Crippen molar-refractivity contribution in [3.8, 4) is 5.75 Å². The molecule has 1 unspecified atom stereocenters. The fraction of sp³-hybridized carbons (Fsp3) is 0.190. The summed E-state index contributed by atoms with van der Waals surface area (Å²) in [5.41, 5.74) is 0.825. The molecule has 8 heteroatoms. The lowest BCUT2D eigenvalue weighted by molar-refractivity contribution is -0.384. The summed E-state index contributed by atoms with van der Waals surface area (Å²) in [4.78, 5) is 27.3. The number of thioether (sulfide) groups is 1. The van der Waals surface area contributed by atoms with Crippen molar-refractivity contribution in [2.75, 3.05) is 12.0 Å². The van der Waals surface area contributed by atoms with Gasteiger partial charge in [-0.1, -0.05) is 6.07 Å². The van der Waals surface area contributed by atoms with Crippen LogP contribution in [-0.4, -0.2) is 23.2 Å². The van der Waals surface area contributed by atoms with Gasteiger partial charge in [0, 0.05) is 27.6 Å². The van der Waals surface area contributed by atoms with Crippen LogP contribution < -0.4 is 9.64 Å². The number of hydrogen-bond acceptors (Lipinski definition) is 6. The summed E-state index contributed by atoms with van der Waals surface area (Å²) in [5.74, 6) is 0.692. The Morgan fingerprint density at radius 3 is 2.41 bits per heavy atom. The first-order valence-electron chi connectivity index (χ1n) is 8.87. The van der Waals surface area contributed by atoms with E-state index in [1.165, 1.54) is 23.9 Å². The number of nitrogens with zero attached hydrogens (tertiary/aromatic N) is 2. The van der Waals surface area contributed by atoms with Crippen LogP contribution in [-0.2, 0) is 11.3 Å². The van der Waals surface area contributed by atoms with Gasteiger partial charge in [-0.2, -0.15) is 0 Å². The van der Waals surface area contributed by atoms with E-state index in [1.807, 2.05) is 48.7 Å². The number of hydrogen-bond donors (Lipinski definition) is 0. The summed E-state index contributed by atoms with van der Waals surface area (Å²) < 4.78 is 5.21. The summed E-state index contributed by atoms with van der Waals surface area (Å²) in [6.07, 6.45) is 0. The Kier molecular flexibility index (Phi) is 6.90. The van der Waals surface area contributed by atoms with Crippen LogP contribution in [0.1, 0.15) is 11.8 Å². The molecular weight excluding hydrogens is 408 g/mol. The molecule has 0 aliphatic heterocycles. The van der Waals surface area contributed by atoms with Crippen molar-refractivity contribution in [2.24, 2.45) is 0 Å². The van der Waals surface area contributed by atoms with Gasteiger partial charge in [-0.3, -0.25) is 14.9 Å². The largest absolute Gasteiger partial charge is 0.497 e. The van der Waals surface area contributed by atoms with Gasteiger partial charge in [-0.15, -0.1) is 23.1 Å². The highest BCUT2D eigenvalue weighted by Crippen LogP contribution is 2.30. The summed E-state index contributed by atoms with van der Waals surface area (Å²) >= 11 is 2.98. The number of thiophene rings is 1. The molecule has 3 aromatic rings. The molecule has 6 nitrogen and oxygen atoms in total. The summed E-state index contributed by atoms with van der Waals surface area (Å²) in [7, 11) is 1.60. The van der Waals surface area contributed by atoms with Crippen LogP contribution >= 0.6 is 23.1 Å². The van der Waals surface area contributed by atoms with Crippen LogP contribution in [0.4, 0.5) is 11.4 Å². The maximum atomic E-state index is 13.3. The van der Waals surface area contributed by atoms with Gasteiger partial charge in [0.2, 0.25) is 5.91 Å². The van der Waals surface area contributed by atoms with E-state index in [1.54, 1.807) is 35.5 Å². The number of ether oxygens (including phenoxy) is 1. The van der Waals surface area contributed by atoms with Crippen LogP contribution in [0.2, 0.25) is 0 Å². The second-order valence-corrected chi connectivity index (χ2v) is 8.66. The van der Waals surface area contributed by atoms with E-state index in [-0.39, 0.29) is 16.8 Å². The van der Waals surface area contributed by atoms with E-state index in [2.05, 4.69) is 0 Å². The first-order chi connectivity index (χ1) is 14.0. The Balaban J connectivity index is 1.79. The van der Waals surface area contributed by atoms with Gasteiger partial charge in [0.25, 0.3) is 5.69 Å². The third-order valence-electron chi connectivity index (χ3n) is 4.25. The van der Waals surface area contributed by atoms with Gasteiger partial charge < -0.3 is 9.64 Å². The SMILES string of the molecule is COc1ccc(N(Cc2cccs2)C(=O)C(C)Sc2ccc([N+](=O)[O-])cc2)cc1. The van der Waals surface area contributed by atoms with Gasteiger partial charge in [0.05, 0.1) is 23.8 Å². The maximum absolute atomic E-state index is 13.3. The van der Waals surface area contributed by atoms with Crippen LogP contribution in [0.3, 0.4) is 0 Å². The normalized spacial score (nSPS) is 11.7. The van der Waals surface area contributed by atoms with Crippen LogP contribution in [0.25, 0.3) is 0 Å². The standard InChI is InChI=1S/C21H20N2O4S2/c1-15(29-19-11-7-17(8-12-19)23(25)26)21(24)22(14-20-4-3-13-28-20)16-5-9-18(27-2)10-6-16/h3-13,15H,14H2,1-2H3. The zero-order chi connectivity index (χ0) is 20.8. The van der Waals surface area contributed by atoms with Crippen LogP contribution in [0, 0.1) is 10.1 Å². The molecule has 150 valence electrons. The van der Waals surface area contributed by atoms with Crippen LogP contribution in [0.15, 0.2) is 70.9 Å². The van der Waals surface area contributed by atoms with E-state index in [0.29, 0.717) is 6.54 Å². The van der Waals surface area contributed by atoms with Gasteiger partial charge in [-0.05, 0) is 54.8 Å². The van der Waals surface area contributed by atoms with Crippen molar-refractivity contribution >= 4 is 40.4 Å². The molecule has 0 saturated carbocycles. The summed E-state index contributed by atoms with van der Waals surface area (Å²) in [6, 6.07) is 17.6. The lowest BCUT2D eigenvalue weighted by Gasteiger charge is -2.25. The zero-order valence-electron chi connectivity index (χ0n) is 16.0. The average molecular weight is 429 g/mol. The lowest BCUT2D eigenvalue weighted by Crippen LogP contribution is -2.36. The number of benzene rings is 2. The Labute approximate surface area is 177 Å². The third kappa shape index (κ3) is 5.36. The summed E-state index contributed by atoms with van der Waals surface area (Å²) in [5, 5.41) is 12.4. The number of anilines is 1. The predicted octanol–water partition coefficient (Wildman–Crippen LogP) is 5.38. The molecule has 29 heavy (non-hydrogen) atoms. The monoisotopic (exact) mass is 428 g/mol. The molecule has 0 bridgehead atoms. The molecule has 0 aliphatic rings. The van der Waals surface area contributed by atoms with Gasteiger partial charge in [-0.25, -0.2) is 0 Å². The predicted molar refractivity (Wildman–Crippen MR) is 117 cm³/mol. The minimum absolute atomic E-state index is 0.0332. The molecule has 0 saturated heterocycles.